The van der Waals surface area contributed by atoms with Crippen molar-refractivity contribution in [1.29, 1.82) is 0 Å². The van der Waals surface area contributed by atoms with Gasteiger partial charge >= 0.3 is 0 Å². The lowest BCUT2D eigenvalue weighted by Gasteiger charge is -2.24. The predicted molar refractivity (Wildman–Crippen MR) is 126 cm³/mol. The fourth-order valence-corrected chi connectivity index (χ4v) is 5.47. The second-order valence-electron chi connectivity index (χ2n) is 7.63. The number of aryl methyl sites for hydroxylation is 3. The zero-order valence-electron chi connectivity index (χ0n) is 18.8. The third-order valence-electron chi connectivity index (χ3n) is 5.39. The smallest absolute Gasteiger partial charge is 0.271 e. The molecule has 0 unspecified atom stereocenters. The maximum Gasteiger partial charge on any atom is 0.271 e. The van der Waals surface area contributed by atoms with Crippen molar-refractivity contribution >= 4 is 15.7 Å². The quantitative estimate of drug-likeness (QED) is 0.427. The third-order valence-corrected chi connectivity index (χ3v) is 7.44. The molecule has 0 saturated carbocycles. The molecule has 0 aliphatic carbocycles. The highest BCUT2D eigenvalue weighted by atomic mass is 32.2. The number of hydrogen-bond acceptors (Lipinski definition) is 6. The molecular formula is C24H24N4O4S. The molecule has 0 aliphatic rings. The number of aromatic nitrogens is 3. The molecule has 0 aliphatic heterocycles. The molecule has 4 aromatic rings. The lowest BCUT2D eigenvalue weighted by Crippen LogP contribution is -2.31. The second kappa shape index (κ2) is 8.67. The molecule has 4 rings (SSSR count). The van der Waals surface area contributed by atoms with Crippen LogP contribution in [0.15, 0.2) is 74.9 Å². The van der Waals surface area contributed by atoms with Gasteiger partial charge in [-0.05, 0) is 57.5 Å². The minimum atomic E-state index is -3.83. The van der Waals surface area contributed by atoms with Gasteiger partial charge in [0.2, 0.25) is 0 Å². The SMILES string of the molecule is CCN(c1ccccc1)S(=O)(=O)c1cc(-c2ccc(=O)n(-c3c(C)noc3C)n2)ccc1C. The molecule has 0 N–H and O–H groups in total. The van der Waals surface area contributed by atoms with Crippen molar-refractivity contribution in [1.82, 2.24) is 14.9 Å². The molecular weight excluding hydrogens is 440 g/mol. The summed E-state index contributed by atoms with van der Waals surface area (Å²) in [5.74, 6) is 0.466. The highest BCUT2D eigenvalue weighted by Gasteiger charge is 2.26. The van der Waals surface area contributed by atoms with Gasteiger partial charge in [-0.2, -0.15) is 9.78 Å². The van der Waals surface area contributed by atoms with E-state index in [0.29, 0.717) is 39.6 Å². The molecule has 0 amide bonds. The Morgan fingerprint density at radius 2 is 1.73 bits per heavy atom. The Balaban J connectivity index is 1.83. The molecule has 33 heavy (non-hydrogen) atoms. The van der Waals surface area contributed by atoms with E-state index in [9.17, 15) is 13.2 Å². The van der Waals surface area contributed by atoms with Crippen LogP contribution in [0.4, 0.5) is 5.69 Å². The van der Waals surface area contributed by atoms with Gasteiger partial charge in [0.1, 0.15) is 11.4 Å². The van der Waals surface area contributed by atoms with Crippen molar-refractivity contribution in [2.45, 2.75) is 32.6 Å². The van der Waals surface area contributed by atoms with Crippen LogP contribution in [0.2, 0.25) is 0 Å². The van der Waals surface area contributed by atoms with Gasteiger partial charge in [0, 0.05) is 18.2 Å². The molecule has 0 saturated heterocycles. The minimum Gasteiger partial charge on any atom is -0.359 e. The predicted octanol–water partition coefficient (Wildman–Crippen LogP) is 4.03. The number of rotatable bonds is 6. The molecule has 0 atom stereocenters. The van der Waals surface area contributed by atoms with Crippen molar-refractivity contribution in [2.75, 3.05) is 10.8 Å². The van der Waals surface area contributed by atoms with Crippen molar-refractivity contribution in [3.8, 4) is 16.9 Å². The van der Waals surface area contributed by atoms with E-state index in [2.05, 4.69) is 10.3 Å². The normalized spacial score (nSPS) is 11.5. The minimum absolute atomic E-state index is 0.183. The average molecular weight is 465 g/mol. The summed E-state index contributed by atoms with van der Waals surface area (Å²) < 4.78 is 35.0. The van der Waals surface area contributed by atoms with Gasteiger partial charge in [-0.3, -0.25) is 9.10 Å². The Morgan fingerprint density at radius 1 is 1.00 bits per heavy atom. The molecule has 0 spiro atoms. The Bertz CT molecular complexity index is 1450. The van der Waals surface area contributed by atoms with Crippen LogP contribution in [0.25, 0.3) is 16.9 Å². The van der Waals surface area contributed by atoms with E-state index in [1.807, 2.05) is 6.07 Å². The first-order chi connectivity index (χ1) is 15.7. The molecule has 2 aromatic carbocycles. The maximum absolute atomic E-state index is 13.6. The highest BCUT2D eigenvalue weighted by molar-refractivity contribution is 7.92. The largest absolute Gasteiger partial charge is 0.359 e. The van der Waals surface area contributed by atoms with E-state index in [4.69, 9.17) is 4.52 Å². The van der Waals surface area contributed by atoms with E-state index in [1.165, 1.54) is 15.1 Å². The number of sulfonamides is 1. The Labute approximate surface area is 192 Å². The van der Waals surface area contributed by atoms with Crippen LogP contribution in [0.1, 0.15) is 23.9 Å². The lowest BCUT2D eigenvalue weighted by molar-refractivity contribution is 0.392. The Morgan fingerprint density at radius 3 is 2.36 bits per heavy atom. The lowest BCUT2D eigenvalue weighted by atomic mass is 10.1. The highest BCUT2D eigenvalue weighted by Crippen LogP contribution is 2.29. The monoisotopic (exact) mass is 464 g/mol. The van der Waals surface area contributed by atoms with E-state index in [1.54, 1.807) is 76.2 Å². The average Bonchev–Trinajstić information content (AvgIpc) is 3.13. The first-order valence-electron chi connectivity index (χ1n) is 10.5. The number of nitrogens with zero attached hydrogens (tertiary/aromatic N) is 4. The van der Waals surface area contributed by atoms with E-state index < -0.39 is 10.0 Å². The molecule has 9 heteroatoms. The second-order valence-corrected chi connectivity index (χ2v) is 9.46. The Kier molecular flexibility index (Phi) is 5.90. The molecule has 0 bridgehead atoms. The van der Waals surface area contributed by atoms with Crippen LogP contribution >= 0.6 is 0 Å². The molecule has 2 aromatic heterocycles. The first-order valence-corrected chi connectivity index (χ1v) is 11.9. The fourth-order valence-electron chi connectivity index (χ4n) is 3.75. The maximum atomic E-state index is 13.6. The summed E-state index contributed by atoms with van der Waals surface area (Å²) in [5, 5.41) is 8.37. The molecule has 8 nitrogen and oxygen atoms in total. The van der Waals surface area contributed by atoms with Gasteiger partial charge in [0.15, 0.2) is 5.76 Å². The summed E-state index contributed by atoms with van der Waals surface area (Å²) in [7, 11) is -3.83. The standard InChI is InChI=1S/C24H24N4O4S/c1-5-27(20-9-7-6-8-10-20)33(30,31)22-15-19(12-11-16(22)2)21-13-14-23(29)28(25-21)24-17(3)26-32-18(24)4/h6-15H,5H2,1-4H3. The summed E-state index contributed by atoms with van der Waals surface area (Å²) in [4.78, 5) is 12.7. The Hall–Kier alpha value is -3.72. The summed E-state index contributed by atoms with van der Waals surface area (Å²) in [6.07, 6.45) is 0. The van der Waals surface area contributed by atoms with Crippen molar-refractivity contribution in [3.05, 3.63) is 88.0 Å². The summed E-state index contributed by atoms with van der Waals surface area (Å²) in [6.45, 7) is 7.27. The van der Waals surface area contributed by atoms with Crippen LogP contribution in [-0.4, -0.2) is 29.9 Å². The van der Waals surface area contributed by atoms with Crippen LogP contribution in [0, 0.1) is 20.8 Å². The van der Waals surface area contributed by atoms with Gasteiger partial charge in [-0.25, -0.2) is 8.42 Å². The van der Waals surface area contributed by atoms with Crippen molar-refractivity contribution in [2.24, 2.45) is 0 Å². The van der Waals surface area contributed by atoms with Gasteiger partial charge in [0.25, 0.3) is 15.6 Å². The number of para-hydroxylation sites is 1. The third kappa shape index (κ3) is 4.07. The van der Waals surface area contributed by atoms with Gasteiger partial charge < -0.3 is 4.52 Å². The topological polar surface area (TPSA) is 98.3 Å². The first kappa shape index (κ1) is 22.5. The van der Waals surface area contributed by atoms with E-state index in [0.717, 1.165) is 0 Å². The van der Waals surface area contributed by atoms with Gasteiger partial charge in [-0.15, -0.1) is 0 Å². The van der Waals surface area contributed by atoms with Crippen molar-refractivity contribution < 1.29 is 12.9 Å². The van der Waals surface area contributed by atoms with Crippen molar-refractivity contribution in [3.63, 3.8) is 0 Å². The van der Waals surface area contributed by atoms with Crippen LogP contribution in [0.5, 0.6) is 0 Å². The van der Waals surface area contributed by atoms with Crippen LogP contribution in [-0.2, 0) is 10.0 Å². The summed E-state index contributed by atoms with van der Waals surface area (Å²) in [5.41, 5.74) is 2.91. The number of benzene rings is 2. The number of anilines is 1. The molecule has 2 heterocycles. The van der Waals surface area contributed by atoms with E-state index >= 15 is 0 Å². The van der Waals surface area contributed by atoms with Crippen LogP contribution < -0.4 is 9.86 Å². The zero-order valence-corrected chi connectivity index (χ0v) is 19.6. The van der Waals surface area contributed by atoms with E-state index in [-0.39, 0.29) is 17.0 Å². The van der Waals surface area contributed by atoms with Gasteiger partial charge in [0.05, 0.1) is 16.3 Å². The molecule has 170 valence electrons. The number of hydrogen-bond donors (Lipinski definition) is 0. The molecule has 0 fully saturated rings. The summed E-state index contributed by atoms with van der Waals surface area (Å²) >= 11 is 0. The van der Waals surface area contributed by atoms with Crippen LogP contribution in [0.3, 0.4) is 0 Å². The zero-order chi connectivity index (χ0) is 23.8. The van der Waals surface area contributed by atoms with Gasteiger partial charge in [-0.1, -0.05) is 35.5 Å². The molecule has 0 radical (unpaired) electrons. The summed E-state index contributed by atoms with van der Waals surface area (Å²) in [6, 6.07) is 17.1. The fraction of sp³-hybridized carbons (Fsp3) is 0.208.